The number of carbonyl (C=O) groups is 1. The summed E-state index contributed by atoms with van der Waals surface area (Å²) in [5.41, 5.74) is 3.81. The van der Waals surface area contributed by atoms with Gasteiger partial charge in [-0.15, -0.1) is 0 Å². The van der Waals surface area contributed by atoms with Crippen LogP contribution >= 0.6 is 0 Å². The third-order valence-corrected chi connectivity index (χ3v) is 5.65. The molecule has 2 nitrogen and oxygen atoms in total. The van der Waals surface area contributed by atoms with E-state index < -0.39 is 11.7 Å². The standard InChI is InChI=1S/C26H21F3O2/c27-26(28,29)22-14-7-19(8-15-22)9-16-23(30)24-20-10-5-17-1-3-18(4-2-17)6-11-21(13-12-20)25(24)31/h1-4,7-9,12-16,31H,5-6,10-11H2/b16-9+. The number of allylic oxidation sites excluding steroid dienone is 1. The fourth-order valence-electron chi connectivity index (χ4n) is 3.83. The molecule has 1 N–H and O–H groups in total. The lowest BCUT2D eigenvalue weighted by Crippen LogP contribution is -2.07. The van der Waals surface area contributed by atoms with Crippen molar-refractivity contribution in [3.05, 3.63) is 106 Å². The van der Waals surface area contributed by atoms with Gasteiger partial charge in [-0.1, -0.05) is 54.6 Å². The first-order chi connectivity index (χ1) is 14.8. The zero-order valence-electron chi connectivity index (χ0n) is 16.7. The van der Waals surface area contributed by atoms with Gasteiger partial charge in [0.2, 0.25) is 0 Å². The van der Waals surface area contributed by atoms with Crippen molar-refractivity contribution in [1.82, 2.24) is 0 Å². The van der Waals surface area contributed by atoms with Crippen LogP contribution in [-0.2, 0) is 31.9 Å². The van der Waals surface area contributed by atoms with Gasteiger partial charge in [-0.05, 0) is 71.7 Å². The molecule has 0 radical (unpaired) electrons. The van der Waals surface area contributed by atoms with Crippen LogP contribution in [0, 0.1) is 0 Å². The van der Waals surface area contributed by atoms with Crippen LogP contribution in [0.1, 0.15) is 43.7 Å². The third-order valence-electron chi connectivity index (χ3n) is 5.65. The zero-order chi connectivity index (χ0) is 22.0. The summed E-state index contributed by atoms with van der Waals surface area (Å²) < 4.78 is 38.2. The van der Waals surface area contributed by atoms with E-state index in [2.05, 4.69) is 24.3 Å². The highest BCUT2D eigenvalue weighted by Crippen LogP contribution is 2.31. The van der Waals surface area contributed by atoms with Gasteiger partial charge in [0.15, 0.2) is 5.78 Å². The van der Waals surface area contributed by atoms with Crippen LogP contribution in [0.15, 0.2) is 66.7 Å². The van der Waals surface area contributed by atoms with Crippen molar-refractivity contribution in [2.24, 2.45) is 0 Å². The molecule has 31 heavy (non-hydrogen) atoms. The molecule has 0 atom stereocenters. The molecule has 3 aromatic carbocycles. The number of carbonyl (C=O) groups excluding carboxylic acids is 1. The van der Waals surface area contributed by atoms with E-state index >= 15 is 0 Å². The van der Waals surface area contributed by atoms with Crippen LogP contribution in [0.2, 0.25) is 0 Å². The van der Waals surface area contributed by atoms with E-state index in [-0.39, 0.29) is 17.1 Å². The summed E-state index contributed by atoms with van der Waals surface area (Å²) in [5.74, 6) is -0.366. The molecule has 0 amide bonds. The highest BCUT2D eigenvalue weighted by atomic mass is 19.4. The summed E-state index contributed by atoms with van der Waals surface area (Å²) in [6.45, 7) is 0. The third kappa shape index (κ3) is 4.71. The van der Waals surface area contributed by atoms with Gasteiger partial charge >= 0.3 is 6.18 Å². The van der Waals surface area contributed by atoms with E-state index in [0.29, 0.717) is 24.0 Å². The Balaban J connectivity index is 1.62. The number of rotatable bonds is 3. The maximum atomic E-state index is 13.0. The molecule has 5 heteroatoms. The van der Waals surface area contributed by atoms with Gasteiger partial charge in [0, 0.05) is 0 Å². The molecule has 0 aromatic heterocycles. The molecule has 4 bridgehead atoms. The molecule has 0 spiro atoms. The van der Waals surface area contributed by atoms with Crippen LogP contribution in [0.5, 0.6) is 5.75 Å². The van der Waals surface area contributed by atoms with Crippen LogP contribution in [0.25, 0.3) is 6.08 Å². The van der Waals surface area contributed by atoms with E-state index in [1.807, 2.05) is 12.1 Å². The summed E-state index contributed by atoms with van der Waals surface area (Å²) in [6, 6.07) is 16.7. The number of hydrogen-bond acceptors (Lipinski definition) is 2. The Morgan fingerprint density at radius 1 is 0.774 bits per heavy atom. The topological polar surface area (TPSA) is 37.3 Å². The Hall–Kier alpha value is -3.34. The van der Waals surface area contributed by atoms with E-state index in [9.17, 15) is 23.1 Å². The minimum atomic E-state index is -4.40. The first-order valence-corrected chi connectivity index (χ1v) is 10.1. The average molecular weight is 422 g/mol. The van der Waals surface area contributed by atoms with Crippen molar-refractivity contribution in [1.29, 1.82) is 0 Å². The van der Waals surface area contributed by atoms with Crippen molar-refractivity contribution < 1.29 is 23.1 Å². The smallest absolute Gasteiger partial charge is 0.416 e. The van der Waals surface area contributed by atoms with Crippen molar-refractivity contribution >= 4 is 11.9 Å². The molecule has 7 rings (SSSR count). The maximum absolute atomic E-state index is 13.0. The number of phenolic OH excluding ortho intramolecular Hbond substituents is 1. The summed E-state index contributed by atoms with van der Waals surface area (Å²) in [6.07, 6.45) is 1.08. The molecule has 0 heterocycles. The molecule has 0 unspecified atom stereocenters. The fourth-order valence-corrected chi connectivity index (χ4v) is 3.83. The number of alkyl halides is 3. The number of benzene rings is 3. The monoisotopic (exact) mass is 422 g/mol. The van der Waals surface area contributed by atoms with E-state index in [1.54, 1.807) is 0 Å². The fraction of sp³-hybridized carbons (Fsp3) is 0.192. The molecule has 4 aliphatic carbocycles. The molecule has 0 aliphatic heterocycles. The van der Waals surface area contributed by atoms with E-state index in [0.717, 1.165) is 36.1 Å². The van der Waals surface area contributed by atoms with Gasteiger partial charge in [0.25, 0.3) is 0 Å². The van der Waals surface area contributed by atoms with Gasteiger partial charge in [-0.25, -0.2) is 0 Å². The molecule has 3 aromatic rings. The van der Waals surface area contributed by atoms with Crippen LogP contribution in [0.4, 0.5) is 13.2 Å². The number of phenols is 1. The first kappa shape index (κ1) is 20.9. The largest absolute Gasteiger partial charge is 0.507 e. The molecule has 0 saturated carbocycles. The molecular weight excluding hydrogens is 401 g/mol. The summed E-state index contributed by atoms with van der Waals surface area (Å²) in [7, 11) is 0. The maximum Gasteiger partial charge on any atom is 0.416 e. The predicted molar refractivity (Wildman–Crippen MR) is 114 cm³/mol. The molecule has 4 aliphatic rings. The second kappa shape index (κ2) is 8.42. The number of aromatic hydroxyl groups is 1. The Kier molecular flexibility index (Phi) is 5.68. The highest BCUT2D eigenvalue weighted by Gasteiger charge is 2.29. The minimum absolute atomic E-state index is 0.00502. The van der Waals surface area contributed by atoms with Gasteiger partial charge < -0.3 is 5.11 Å². The minimum Gasteiger partial charge on any atom is -0.507 e. The Bertz CT molecular complexity index is 1130. The lowest BCUT2D eigenvalue weighted by molar-refractivity contribution is -0.137. The molecule has 0 fully saturated rings. The quantitative estimate of drug-likeness (QED) is 0.404. The highest BCUT2D eigenvalue weighted by molar-refractivity contribution is 6.09. The Morgan fingerprint density at radius 2 is 1.32 bits per heavy atom. The van der Waals surface area contributed by atoms with Gasteiger partial charge in [0.05, 0.1) is 11.1 Å². The predicted octanol–water partition coefficient (Wildman–Crippen LogP) is 6.19. The number of halogens is 3. The molecule has 0 saturated heterocycles. The van der Waals surface area contributed by atoms with Crippen LogP contribution < -0.4 is 0 Å². The lowest BCUT2D eigenvalue weighted by atomic mass is 9.90. The molecule has 158 valence electrons. The average Bonchev–Trinajstić information content (AvgIpc) is 2.74. The summed E-state index contributed by atoms with van der Waals surface area (Å²) in [5, 5.41) is 10.8. The first-order valence-electron chi connectivity index (χ1n) is 10.1. The Labute approximate surface area is 178 Å². The van der Waals surface area contributed by atoms with Gasteiger partial charge in [-0.3, -0.25) is 4.79 Å². The van der Waals surface area contributed by atoms with E-state index in [4.69, 9.17) is 0 Å². The van der Waals surface area contributed by atoms with Crippen molar-refractivity contribution in [3.63, 3.8) is 0 Å². The second-order valence-corrected chi connectivity index (χ2v) is 7.74. The SMILES string of the molecule is O=C(/C=C/c1ccc(C(F)(F)F)cc1)c1c2ccc(c1O)CCc1ccc(cc1)CC2. The number of hydrogen-bond donors (Lipinski definition) is 1. The van der Waals surface area contributed by atoms with Crippen molar-refractivity contribution in [3.8, 4) is 5.75 Å². The van der Waals surface area contributed by atoms with Gasteiger partial charge in [0.1, 0.15) is 5.75 Å². The van der Waals surface area contributed by atoms with Crippen molar-refractivity contribution in [2.45, 2.75) is 31.9 Å². The lowest BCUT2D eigenvalue weighted by Gasteiger charge is -2.15. The number of aryl methyl sites for hydroxylation is 4. The summed E-state index contributed by atoms with van der Waals surface area (Å²) in [4.78, 5) is 13.0. The van der Waals surface area contributed by atoms with E-state index in [1.165, 1.54) is 29.8 Å². The number of ketones is 1. The second-order valence-electron chi connectivity index (χ2n) is 7.74. The van der Waals surface area contributed by atoms with Crippen LogP contribution in [-0.4, -0.2) is 10.9 Å². The Morgan fingerprint density at radius 3 is 1.90 bits per heavy atom. The van der Waals surface area contributed by atoms with Gasteiger partial charge in [-0.2, -0.15) is 13.2 Å². The van der Waals surface area contributed by atoms with Crippen molar-refractivity contribution in [2.75, 3.05) is 0 Å². The zero-order valence-corrected chi connectivity index (χ0v) is 16.7. The van der Waals surface area contributed by atoms with Crippen LogP contribution in [0.3, 0.4) is 0 Å². The molecular formula is C26H21F3O2. The normalized spacial score (nSPS) is 13.9. The summed E-state index contributed by atoms with van der Waals surface area (Å²) >= 11 is 0.